The van der Waals surface area contributed by atoms with Gasteiger partial charge in [-0.2, -0.15) is 0 Å². The first-order chi connectivity index (χ1) is 9.72. The largest absolute Gasteiger partial charge is 0.0999 e. The lowest BCUT2D eigenvalue weighted by atomic mass is 9.78. The van der Waals surface area contributed by atoms with Crippen LogP contribution in [0.3, 0.4) is 0 Å². The van der Waals surface area contributed by atoms with Crippen molar-refractivity contribution in [3.63, 3.8) is 0 Å². The van der Waals surface area contributed by atoms with Crippen LogP contribution in [-0.4, -0.2) is 0 Å². The Morgan fingerprint density at radius 1 is 0.750 bits per heavy atom. The van der Waals surface area contributed by atoms with Crippen LogP contribution >= 0.6 is 0 Å². The van der Waals surface area contributed by atoms with Crippen LogP contribution in [0.2, 0.25) is 0 Å². The third kappa shape index (κ3) is 3.16. The molecule has 2 aliphatic rings. The van der Waals surface area contributed by atoms with E-state index < -0.39 is 0 Å². The van der Waals surface area contributed by atoms with Gasteiger partial charge in [0.15, 0.2) is 0 Å². The Labute approximate surface area is 124 Å². The zero-order valence-electron chi connectivity index (χ0n) is 12.9. The zero-order chi connectivity index (χ0) is 13.9. The molecule has 1 aromatic rings. The summed E-state index contributed by atoms with van der Waals surface area (Å²) < 4.78 is 0. The Balaban J connectivity index is 1.64. The molecular weight excluding hydrogens is 240 g/mol. The summed E-state index contributed by atoms with van der Waals surface area (Å²) in [5.74, 6) is 2.55. The van der Waals surface area contributed by atoms with Crippen molar-refractivity contribution in [1.82, 2.24) is 0 Å². The number of rotatable bonds is 2. The van der Waals surface area contributed by atoms with E-state index in [1.807, 2.05) is 0 Å². The summed E-state index contributed by atoms with van der Waals surface area (Å²) in [4.78, 5) is 0. The SMILES string of the molecule is C=C1CCC(c2ccc(C3CCC(C)CC3)cc2)CC1. The highest BCUT2D eigenvalue weighted by atomic mass is 14.3. The average Bonchev–Trinajstić information content (AvgIpc) is 2.49. The van der Waals surface area contributed by atoms with Crippen LogP contribution in [0.25, 0.3) is 0 Å². The van der Waals surface area contributed by atoms with Crippen molar-refractivity contribution >= 4 is 0 Å². The molecular formula is C20H28. The van der Waals surface area contributed by atoms with Crippen LogP contribution in [-0.2, 0) is 0 Å². The van der Waals surface area contributed by atoms with Gasteiger partial charge in [-0.15, -0.1) is 0 Å². The Kier molecular flexibility index (Phi) is 4.29. The fraction of sp³-hybridized carbons (Fsp3) is 0.600. The second kappa shape index (κ2) is 6.16. The molecule has 3 rings (SSSR count). The van der Waals surface area contributed by atoms with Crippen LogP contribution in [0, 0.1) is 5.92 Å². The Hall–Kier alpha value is -1.04. The van der Waals surface area contributed by atoms with Crippen LogP contribution in [0.5, 0.6) is 0 Å². The van der Waals surface area contributed by atoms with Gasteiger partial charge in [0, 0.05) is 0 Å². The van der Waals surface area contributed by atoms with Crippen LogP contribution in [0.4, 0.5) is 0 Å². The minimum absolute atomic E-state index is 0.779. The molecule has 0 bridgehead atoms. The van der Waals surface area contributed by atoms with E-state index in [1.54, 1.807) is 11.1 Å². The smallest absolute Gasteiger partial charge is 0.0156 e. The lowest BCUT2D eigenvalue weighted by Crippen LogP contribution is -2.11. The Morgan fingerprint density at radius 2 is 1.20 bits per heavy atom. The number of hydrogen-bond acceptors (Lipinski definition) is 0. The minimum atomic E-state index is 0.779. The first-order valence-electron chi connectivity index (χ1n) is 8.49. The molecule has 0 aliphatic heterocycles. The van der Waals surface area contributed by atoms with E-state index >= 15 is 0 Å². The maximum Gasteiger partial charge on any atom is -0.0156 e. The van der Waals surface area contributed by atoms with Crippen molar-refractivity contribution in [2.24, 2.45) is 5.92 Å². The van der Waals surface area contributed by atoms with E-state index in [1.165, 1.54) is 56.9 Å². The van der Waals surface area contributed by atoms with Gasteiger partial charge in [0.25, 0.3) is 0 Å². The first-order valence-corrected chi connectivity index (χ1v) is 8.49. The second-order valence-corrected chi connectivity index (χ2v) is 7.15. The van der Waals surface area contributed by atoms with Crippen molar-refractivity contribution in [3.8, 4) is 0 Å². The molecule has 0 heterocycles. The van der Waals surface area contributed by atoms with Gasteiger partial charge in [0.05, 0.1) is 0 Å². The Morgan fingerprint density at radius 3 is 1.70 bits per heavy atom. The molecule has 0 spiro atoms. The molecule has 1 aromatic carbocycles. The molecule has 0 atom stereocenters. The van der Waals surface area contributed by atoms with E-state index in [0.717, 1.165) is 17.8 Å². The molecule has 2 saturated carbocycles. The van der Waals surface area contributed by atoms with E-state index in [9.17, 15) is 0 Å². The highest BCUT2D eigenvalue weighted by molar-refractivity contribution is 5.29. The molecule has 0 saturated heterocycles. The van der Waals surface area contributed by atoms with Gasteiger partial charge in [-0.3, -0.25) is 0 Å². The van der Waals surface area contributed by atoms with Crippen LogP contribution in [0.1, 0.15) is 81.3 Å². The zero-order valence-corrected chi connectivity index (χ0v) is 12.9. The van der Waals surface area contributed by atoms with Gasteiger partial charge >= 0.3 is 0 Å². The third-order valence-electron chi connectivity index (χ3n) is 5.59. The number of benzene rings is 1. The van der Waals surface area contributed by atoms with Crippen molar-refractivity contribution in [2.75, 3.05) is 0 Å². The number of allylic oxidation sites excluding steroid dienone is 1. The predicted molar refractivity (Wildman–Crippen MR) is 87.2 cm³/mol. The summed E-state index contributed by atoms with van der Waals surface area (Å²) in [7, 11) is 0. The lowest BCUT2D eigenvalue weighted by Gasteiger charge is -2.27. The predicted octanol–water partition coefficient (Wildman–Crippen LogP) is 6.19. The van der Waals surface area contributed by atoms with Gasteiger partial charge in [0.1, 0.15) is 0 Å². The summed E-state index contributed by atoms with van der Waals surface area (Å²) in [5, 5.41) is 0. The van der Waals surface area contributed by atoms with Crippen molar-refractivity contribution < 1.29 is 0 Å². The van der Waals surface area contributed by atoms with Gasteiger partial charge in [-0.25, -0.2) is 0 Å². The normalized spacial score (nSPS) is 28.6. The minimum Gasteiger partial charge on any atom is -0.0999 e. The van der Waals surface area contributed by atoms with Crippen LogP contribution in [0.15, 0.2) is 36.4 Å². The fourth-order valence-electron chi connectivity index (χ4n) is 3.99. The van der Waals surface area contributed by atoms with Crippen molar-refractivity contribution in [2.45, 2.75) is 70.1 Å². The molecule has 0 nitrogen and oxygen atoms in total. The van der Waals surface area contributed by atoms with Gasteiger partial charge in [-0.1, -0.05) is 56.2 Å². The summed E-state index contributed by atoms with van der Waals surface area (Å²) in [6.07, 6.45) is 10.7. The van der Waals surface area contributed by atoms with Crippen molar-refractivity contribution in [1.29, 1.82) is 0 Å². The van der Waals surface area contributed by atoms with Gasteiger partial charge < -0.3 is 0 Å². The topological polar surface area (TPSA) is 0 Å². The molecule has 2 fully saturated rings. The summed E-state index contributed by atoms with van der Waals surface area (Å²) in [6.45, 7) is 6.52. The monoisotopic (exact) mass is 268 g/mol. The highest BCUT2D eigenvalue weighted by Crippen LogP contribution is 2.38. The summed E-state index contributed by atoms with van der Waals surface area (Å²) in [6, 6.07) is 9.65. The quantitative estimate of drug-likeness (QED) is 0.561. The molecule has 0 radical (unpaired) electrons. The lowest BCUT2D eigenvalue weighted by molar-refractivity contribution is 0.348. The molecule has 20 heavy (non-hydrogen) atoms. The van der Waals surface area contributed by atoms with E-state index in [0.29, 0.717) is 0 Å². The van der Waals surface area contributed by atoms with Crippen LogP contribution < -0.4 is 0 Å². The molecule has 0 heteroatoms. The first kappa shape index (κ1) is 13.9. The maximum atomic E-state index is 4.12. The standard InChI is InChI=1S/C20H28/c1-15-3-7-17(8-4-15)19-11-13-20(14-12-19)18-9-5-16(2)6-10-18/h11-14,16-18H,1,3-10H2,2H3. The molecule has 0 unspecified atom stereocenters. The highest BCUT2D eigenvalue weighted by Gasteiger charge is 2.21. The average molecular weight is 268 g/mol. The van der Waals surface area contributed by atoms with E-state index in [-0.39, 0.29) is 0 Å². The maximum absolute atomic E-state index is 4.12. The second-order valence-electron chi connectivity index (χ2n) is 7.15. The van der Waals surface area contributed by atoms with Gasteiger partial charge in [0.2, 0.25) is 0 Å². The third-order valence-corrected chi connectivity index (χ3v) is 5.59. The summed E-state index contributed by atoms with van der Waals surface area (Å²) in [5.41, 5.74) is 4.60. The molecule has 0 aromatic heterocycles. The summed E-state index contributed by atoms with van der Waals surface area (Å²) >= 11 is 0. The fourth-order valence-corrected chi connectivity index (χ4v) is 3.99. The van der Waals surface area contributed by atoms with Crippen molar-refractivity contribution in [3.05, 3.63) is 47.5 Å². The molecule has 0 amide bonds. The van der Waals surface area contributed by atoms with E-state index in [2.05, 4.69) is 37.8 Å². The molecule has 0 N–H and O–H groups in total. The molecule has 2 aliphatic carbocycles. The molecule has 108 valence electrons. The number of hydrogen-bond donors (Lipinski definition) is 0. The van der Waals surface area contributed by atoms with Gasteiger partial charge in [-0.05, 0) is 67.4 Å². The Bertz CT molecular complexity index is 435. The van der Waals surface area contributed by atoms with E-state index in [4.69, 9.17) is 0 Å².